The van der Waals surface area contributed by atoms with Gasteiger partial charge in [0.15, 0.2) is 0 Å². The lowest BCUT2D eigenvalue weighted by Gasteiger charge is -2.26. The molecule has 0 spiro atoms. The molecule has 134 valence electrons. The molecule has 0 saturated carbocycles. The quantitative estimate of drug-likeness (QED) is 0.854. The van der Waals surface area contributed by atoms with Gasteiger partial charge in [0.1, 0.15) is 12.4 Å². The standard InChI is InChI=1S/C19H24N2O3S/c1-16-6-5-7-17(14-16)15-24-19-10-8-18(9-11-19)20-25(22,23)21-12-3-2-4-13-21/h5-11,14,20H,2-4,12-13,15H2,1H3. The summed E-state index contributed by atoms with van der Waals surface area (Å²) < 4.78 is 34.6. The highest BCUT2D eigenvalue weighted by Crippen LogP contribution is 2.20. The van der Waals surface area contributed by atoms with Gasteiger partial charge < -0.3 is 4.74 Å². The number of nitrogens with one attached hydrogen (secondary N) is 1. The summed E-state index contributed by atoms with van der Waals surface area (Å²) in [5.41, 5.74) is 2.85. The summed E-state index contributed by atoms with van der Waals surface area (Å²) in [4.78, 5) is 0. The average molecular weight is 360 g/mol. The van der Waals surface area contributed by atoms with Crippen molar-refractivity contribution in [2.24, 2.45) is 0 Å². The van der Waals surface area contributed by atoms with Gasteiger partial charge in [-0.25, -0.2) is 0 Å². The molecule has 6 heteroatoms. The Kier molecular flexibility index (Phi) is 5.60. The molecular weight excluding hydrogens is 336 g/mol. The predicted molar refractivity (Wildman–Crippen MR) is 99.9 cm³/mol. The fourth-order valence-electron chi connectivity index (χ4n) is 2.91. The minimum atomic E-state index is -3.47. The lowest BCUT2D eigenvalue weighted by atomic mass is 10.1. The van der Waals surface area contributed by atoms with Gasteiger partial charge in [-0.1, -0.05) is 36.2 Å². The van der Waals surface area contributed by atoms with Crippen LogP contribution in [0, 0.1) is 6.92 Å². The van der Waals surface area contributed by atoms with Crippen LogP contribution in [0.4, 0.5) is 5.69 Å². The molecule has 0 radical (unpaired) electrons. The summed E-state index contributed by atoms with van der Waals surface area (Å²) in [5, 5.41) is 0. The van der Waals surface area contributed by atoms with E-state index in [9.17, 15) is 8.42 Å². The average Bonchev–Trinajstić information content (AvgIpc) is 2.62. The molecule has 0 unspecified atom stereocenters. The van der Waals surface area contributed by atoms with E-state index in [1.165, 1.54) is 9.87 Å². The van der Waals surface area contributed by atoms with Gasteiger partial charge in [-0.15, -0.1) is 0 Å². The van der Waals surface area contributed by atoms with Gasteiger partial charge in [-0.2, -0.15) is 12.7 Å². The van der Waals surface area contributed by atoms with E-state index in [1.54, 1.807) is 24.3 Å². The molecule has 1 aliphatic rings. The van der Waals surface area contributed by atoms with Crippen LogP contribution in [-0.4, -0.2) is 25.8 Å². The van der Waals surface area contributed by atoms with Gasteiger partial charge >= 0.3 is 10.2 Å². The molecule has 0 atom stereocenters. The van der Waals surface area contributed by atoms with E-state index in [-0.39, 0.29) is 0 Å². The van der Waals surface area contributed by atoms with Crippen LogP contribution in [0.1, 0.15) is 30.4 Å². The van der Waals surface area contributed by atoms with E-state index in [4.69, 9.17) is 4.74 Å². The van der Waals surface area contributed by atoms with Crippen molar-refractivity contribution in [2.75, 3.05) is 17.8 Å². The summed E-state index contributed by atoms with van der Waals surface area (Å²) in [7, 11) is -3.47. The van der Waals surface area contributed by atoms with E-state index in [0.29, 0.717) is 31.1 Å². The summed E-state index contributed by atoms with van der Waals surface area (Å²) in [5.74, 6) is 0.711. The zero-order chi connectivity index (χ0) is 17.7. The molecule has 1 saturated heterocycles. The topological polar surface area (TPSA) is 58.6 Å². The van der Waals surface area contributed by atoms with Gasteiger partial charge in [0, 0.05) is 13.1 Å². The molecule has 0 aromatic heterocycles. The summed E-state index contributed by atoms with van der Waals surface area (Å²) in [6.45, 7) is 3.72. The van der Waals surface area contributed by atoms with E-state index < -0.39 is 10.2 Å². The SMILES string of the molecule is Cc1cccc(COc2ccc(NS(=O)(=O)N3CCCCC3)cc2)c1. The molecule has 1 N–H and O–H groups in total. The van der Waals surface area contributed by atoms with Crippen LogP contribution in [0.15, 0.2) is 48.5 Å². The molecule has 5 nitrogen and oxygen atoms in total. The van der Waals surface area contributed by atoms with Gasteiger partial charge in [-0.3, -0.25) is 4.72 Å². The molecule has 25 heavy (non-hydrogen) atoms. The van der Waals surface area contributed by atoms with Crippen molar-refractivity contribution in [3.8, 4) is 5.75 Å². The summed E-state index contributed by atoms with van der Waals surface area (Å²) in [6, 6.07) is 15.2. The lowest BCUT2D eigenvalue weighted by molar-refractivity contribution is 0.306. The third-order valence-electron chi connectivity index (χ3n) is 4.24. The van der Waals surface area contributed by atoms with Crippen LogP contribution in [0.5, 0.6) is 5.75 Å². The van der Waals surface area contributed by atoms with Gasteiger partial charge in [0.25, 0.3) is 0 Å². The third kappa shape index (κ3) is 4.96. The number of ether oxygens (including phenoxy) is 1. The highest BCUT2D eigenvalue weighted by atomic mass is 32.2. The Bertz CT molecular complexity index is 798. The molecule has 0 bridgehead atoms. The van der Waals surface area contributed by atoms with Gasteiger partial charge in [-0.05, 0) is 49.6 Å². The molecule has 1 fully saturated rings. The Balaban J connectivity index is 1.58. The van der Waals surface area contributed by atoms with Crippen molar-refractivity contribution < 1.29 is 13.2 Å². The first-order valence-corrected chi connectivity index (χ1v) is 10.0. The molecule has 2 aromatic rings. The zero-order valence-corrected chi connectivity index (χ0v) is 15.3. The smallest absolute Gasteiger partial charge is 0.301 e. The fraction of sp³-hybridized carbons (Fsp3) is 0.368. The van der Waals surface area contributed by atoms with Crippen molar-refractivity contribution in [1.29, 1.82) is 0 Å². The van der Waals surface area contributed by atoms with Crippen molar-refractivity contribution in [1.82, 2.24) is 4.31 Å². The zero-order valence-electron chi connectivity index (χ0n) is 14.4. The molecule has 1 aliphatic heterocycles. The van der Waals surface area contributed by atoms with Crippen LogP contribution in [0.3, 0.4) is 0 Å². The second-order valence-electron chi connectivity index (χ2n) is 6.37. The highest BCUT2D eigenvalue weighted by molar-refractivity contribution is 7.90. The van der Waals surface area contributed by atoms with Gasteiger partial charge in [0.2, 0.25) is 0 Å². The molecule has 1 heterocycles. The summed E-state index contributed by atoms with van der Waals surface area (Å²) in [6.07, 6.45) is 2.94. The number of hydrogen-bond acceptors (Lipinski definition) is 3. The van der Waals surface area contributed by atoms with Crippen LogP contribution < -0.4 is 9.46 Å². The molecule has 0 amide bonds. The maximum absolute atomic E-state index is 12.4. The van der Waals surface area contributed by atoms with Crippen molar-refractivity contribution in [3.63, 3.8) is 0 Å². The number of aryl methyl sites for hydroxylation is 1. The number of piperidine rings is 1. The number of benzene rings is 2. The van der Waals surface area contributed by atoms with Gasteiger partial charge in [0.05, 0.1) is 5.69 Å². The Morgan fingerprint density at radius 2 is 1.76 bits per heavy atom. The number of rotatable bonds is 6. The molecular formula is C19H24N2O3S. The minimum absolute atomic E-state index is 0.487. The Morgan fingerprint density at radius 3 is 2.44 bits per heavy atom. The third-order valence-corrected chi connectivity index (χ3v) is 5.78. The van der Waals surface area contributed by atoms with Crippen LogP contribution in [0.25, 0.3) is 0 Å². The predicted octanol–water partition coefficient (Wildman–Crippen LogP) is 3.72. The number of hydrogen-bond donors (Lipinski definition) is 1. The monoisotopic (exact) mass is 360 g/mol. The van der Waals surface area contributed by atoms with E-state index in [1.807, 2.05) is 25.1 Å². The largest absolute Gasteiger partial charge is 0.489 e. The maximum atomic E-state index is 12.4. The number of nitrogens with zero attached hydrogens (tertiary/aromatic N) is 1. The Morgan fingerprint density at radius 1 is 1.04 bits per heavy atom. The van der Waals surface area contributed by atoms with Crippen LogP contribution in [0.2, 0.25) is 0 Å². The molecule has 2 aromatic carbocycles. The first-order valence-electron chi connectivity index (χ1n) is 8.59. The molecule has 0 aliphatic carbocycles. The van der Waals surface area contributed by atoms with E-state index in [2.05, 4.69) is 10.8 Å². The van der Waals surface area contributed by atoms with E-state index in [0.717, 1.165) is 24.8 Å². The van der Waals surface area contributed by atoms with Crippen molar-refractivity contribution in [3.05, 3.63) is 59.7 Å². The van der Waals surface area contributed by atoms with Crippen LogP contribution in [-0.2, 0) is 16.8 Å². The number of anilines is 1. The first kappa shape index (κ1) is 17.8. The second kappa shape index (κ2) is 7.89. The second-order valence-corrected chi connectivity index (χ2v) is 8.04. The Hall–Kier alpha value is -2.05. The van der Waals surface area contributed by atoms with Crippen LogP contribution >= 0.6 is 0 Å². The first-order chi connectivity index (χ1) is 12.0. The van der Waals surface area contributed by atoms with Crippen molar-refractivity contribution in [2.45, 2.75) is 32.8 Å². The maximum Gasteiger partial charge on any atom is 0.301 e. The molecule has 3 rings (SSSR count). The highest BCUT2D eigenvalue weighted by Gasteiger charge is 2.23. The minimum Gasteiger partial charge on any atom is -0.489 e. The summed E-state index contributed by atoms with van der Waals surface area (Å²) >= 11 is 0. The fourth-order valence-corrected chi connectivity index (χ4v) is 4.21. The van der Waals surface area contributed by atoms with Crippen molar-refractivity contribution >= 4 is 15.9 Å². The normalized spacial score (nSPS) is 15.7. The van der Waals surface area contributed by atoms with E-state index >= 15 is 0 Å². The lowest BCUT2D eigenvalue weighted by Crippen LogP contribution is -2.39. The Labute approximate surface area is 149 Å².